The minimum absolute atomic E-state index is 0.00941. The smallest absolute Gasteiger partial charge is 0.352 e. The van der Waals surface area contributed by atoms with Crippen molar-refractivity contribution in [2.45, 2.75) is 33.5 Å². The van der Waals surface area contributed by atoms with Gasteiger partial charge >= 0.3 is 6.18 Å². The van der Waals surface area contributed by atoms with E-state index in [4.69, 9.17) is 0 Å². The summed E-state index contributed by atoms with van der Waals surface area (Å²) >= 11 is 1.40. The summed E-state index contributed by atoms with van der Waals surface area (Å²) in [6, 6.07) is 8.30. The summed E-state index contributed by atoms with van der Waals surface area (Å²) in [5.41, 5.74) is 0.722. The molecule has 0 radical (unpaired) electrons. The summed E-state index contributed by atoms with van der Waals surface area (Å²) < 4.78 is 42.7. The molecule has 0 atom stereocenters. The Bertz CT molecular complexity index is 1390. The van der Waals surface area contributed by atoms with Gasteiger partial charge in [0.1, 0.15) is 0 Å². The molecule has 2 amide bonds. The number of hydrogen-bond donors (Lipinski definition) is 2. The average Bonchev–Trinajstić information content (AvgIpc) is 3.46. The fourth-order valence-corrected chi connectivity index (χ4v) is 3.94. The van der Waals surface area contributed by atoms with Crippen LogP contribution in [0.15, 0.2) is 53.5 Å². The van der Waals surface area contributed by atoms with Crippen molar-refractivity contribution in [3.05, 3.63) is 70.2 Å². The highest BCUT2D eigenvalue weighted by Gasteiger charge is 2.35. The molecule has 7 nitrogen and oxygen atoms in total. The Morgan fingerprint density at radius 1 is 1.11 bits per heavy atom. The third-order valence-corrected chi connectivity index (χ3v) is 5.84. The molecule has 2 aromatic carbocycles. The third kappa shape index (κ3) is 5.19. The Hall–Kier alpha value is -3.73. The van der Waals surface area contributed by atoms with Crippen LogP contribution in [-0.4, -0.2) is 26.6 Å². The molecule has 0 saturated heterocycles. The number of fused-ring (bicyclic) bond motifs is 1. The van der Waals surface area contributed by atoms with Gasteiger partial charge in [-0.25, -0.2) is 9.67 Å². The maximum absolute atomic E-state index is 13.7. The van der Waals surface area contributed by atoms with Gasteiger partial charge in [-0.2, -0.15) is 18.3 Å². The number of alkyl halides is 3. The van der Waals surface area contributed by atoms with E-state index in [1.807, 2.05) is 0 Å². The zero-order chi connectivity index (χ0) is 25.4. The van der Waals surface area contributed by atoms with Crippen LogP contribution in [-0.2, 0) is 17.5 Å². The van der Waals surface area contributed by atoms with Crippen LogP contribution in [0.5, 0.6) is 0 Å². The molecule has 0 bridgehead atoms. The van der Waals surface area contributed by atoms with E-state index in [2.05, 4.69) is 20.7 Å². The van der Waals surface area contributed by atoms with Crippen LogP contribution in [0.3, 0.4) is 0 Å². The van der Waals surface area contributed by atoms with Gasteiger partial charge in [0.2, 0.25) is 5.91 Å². The topological polar surface area (TPSA) is 88.9 Å². The van der Waals surface area contributed by atoms with E-state index in [-0.39, 0.29) is 12.5 Å². The summed E-state index contributed by atoms with van der Waals surface area (Å²) in [4.78, 5) is 29.4. The molecule has 0 unspecified atom stereocenters. The molecular weight excluding hydrogens is 479 g/mol. The minimum atomic E-state index is -4.73. The fourth-order valence-electron chi connectivity index (χ4n) is 3.43. The van der Waals surface area contributed by atoms with Crippen molar-refractivity contribution in [2.24, 2.45) is 5.41 Å². The highest BCUT2D eigenvalue weighted by Crippen LogP contribution is 2.34. The van der Waals surface area contributed by atoms with Crippen molar-refractivity contribution < 1.29 is 22.8 Å². The molecule has 2 heterocycles. The second kappa shape index (κ2) is 9.14. The first-order valence-electron chi connectivity index (χ1n) is 10.6. The molecule has 0 aliphatic rings. The van der Waals surface area contributed by atoms with Crippen molar-refractivity contribution >= 4 is 39.7 Å². The molecule has 0 aliphatic heterocycles. The van der Waals surface area contributed by atoms with Gasteiger partial charge in [0.25, 0.3) is 5.91 Å². The van der Waals surface area contributed by atoms with Crippen LogP contribution in [0.25, 0.3) is 16.7 Å². The molecule has 4 aromatic rings. The van der Waals surface area contributed by atoms with E-state index in [1.54, 1.807) is 54.5 Å². The summed E-state index contributed by atoms with van der Waals surface area (Å²) in [6.07, 6.45) is -3.21. The SMILES string of the molecule is CC(C)(C)C(=O)NCc1ccc(C(F)(F)F)c(C(=O)Nc2cccc3c2cnn3-c2cscn2)c1. The van der Waals surface area contributed by atoms with Crippen molar-refractivity contribution in [1.82, 2.24) is 20.1 Å². The highest BCUT2D eigenvalue weighted by atomic mass is 32.1. The van der Waals surface area contributed by atoms with Gasteiger partial charge in [-0.1, -0.05) is 32.9 Å². The zero-order valence-corrected chi connectivity index (χ0v) is 19.9. The molecular formula is C24H22F3N5O2S. The van der Waals surface area contributed by atoms with Crippen molar-refractivity contribution in [3.63, 3.8) is 0 Å². The molecule has 4 rings (SSSR count). The Morgan fingerprint density at radius 2 is 1.89 bits per heavy atom. The number of carbonyl (C=O) groups is 2. The van der Waals surface area contributed by atoms with Crippen LogP contribution >= 0.6 is 11.3 Å². The van der Waals surface area contributed by atoms with E-state index in [9.17, 15) is 22.8 Å². The molecule has 35 heavy (non-hydrogen) atoms. The molecule has 0 spiro atoms. The molecule has 2 aromatic heterocycles. The van der Waals surface area contributed by atoms with Crippen molar-refractivity contribution in [3.8, 4) is 5.82 Å². The monoisotopic (exact) mass is 501 g/mol. The molecule has 0 aliphatic carbocycles. The maximum atomic E-state index is 13.7. The minimum Gasteiger partial charge on any atom is -0.352 e. The van der Waals surface area contributed by atoms with E-state index in [1.165, 1.54) is 23.6 Å². The van der Waals surface area contributed by atoms with Crippen LogP contribution in [0.4, 0.5) is 18.9 Å². The third-order valence-electron chi connectivity index (χ3n) is 5.27. The number of halogens is 3. The summed E-state index contributed by atoms with van der Waals surface area (Å²) in [7, 11) is 0. The molecule has 182 valence electrons. The predicted molar refractivity (Wildman–Crippen MR) is 127 cm³/mol. The van der Waals surface area contributed by atoms with Crippen LogP contribution < -0.4 is 10.6 Å². The van der Waals surface area contributed by atoms with E-state index >= 15 is 0 Å². The van der Waals surface area contributed by atoms with Crippen LogP contribution in [0, 0.1) is 5.41 Å². The van der Waals surface area contributed by atoms with Gasteiger partial charge in [-0.3, -0.25) is 9.59 Å². The summed E-state index contributed by atoms with van der Waals surface area (Å²) in [6.45, 7) is 5.17. The first kappa shape index (κ1) is 24.4. The number of aromatic nitrogens is 3. The lowest BCUT2D eigenvalue weighted by atomic mass is 9.95. The van der Waals surface area contributed by atoms with Gasteiger partial charge in [0.15, 0.2) is 5.82 Å². The largest absolute Gasteiger partial charge is 0.417 e. The lowest BCUT2D eigenvalue weighted by Crippen LogP contribution is -2.34. The van der Waals surface area contributed by atoms with Crippen LogP contribution in [0.2, 0.25) is 0 Å². The Balaban J connectivity index is 1.65. The second-order valence-corrected chi connectivity index (χ2v) is 9.62. The predicted octanol–water partition coefficient (Wildman–Crippen LogP) is 5.42. The molecule has 0 saturated carbocycles. The summed E-state index contributed by atoms with van der Waals surface area (Å²) in [5.74, 6) is -0.583. The number of nitrogens with zero attached hydrogens (tertiary/aromatic N) is 3. The number of anilines is 1. The van der Waals surface area contributed by atoms with Gasteiger partial charge in [0, 0.05) is 22.7 Å². The van der Waals surface area contributed by atoms with Crippen molar-refractivity contribution in [1.29, 1.82) is 0 Å². The maximum Gasteiger partial charge on any atom is 0.417 e. The zero-order valence-electron chi connectivity index (χ0n) is 19.1. The number of hydrogen-bond acceptors (Lipinski definition) is 5. The number of nitrogens with one attached hydrogen (secondary N) is 2. The number of carbonyl (C=O) groups excluding carboxylic acids is 2. The molecule has 0 fully saturated rings. The summed E-state index contributed by atoms with van der Waals surface area (Å²) in [5, 5.41) is 11.9. The number of benzene rings is 2. The second-order valence-electron chi connectivity index (χ2n) is 8.91. The first-order valence-corrected chi connectivity index (χ1v) is 11.5. The molecule has 2 N–H and O–H groups in total. The normalized spacial score (nSPS) is 12.1. The Kier molecular flexibility index (Phi) is 6.37. The van der Waals surface area contributed by atoms with Gasteiger partial charge in [-0.15, -0.1) is 11.3 Å². The van der Waals surface area contributed by atoms with Crippen LogP contribution in [0.1, 0.15) is 42.3 Å². The van der Waals surface area contributed by atoms with Gasteiger partial charge in [-0.05, 0) is 29.8 Å². The van der Waals surface area contributed by atoms with E-state index in [0.29, 0.717) is 28.0 Å². The standard InChI is InChI=1S/C24H22F3N5O2S/c1-23(2,3)22(34)28-10-14-7-8-17(24(25,26)27)15(9-14)21(33)31-18-5-4-6-19-16(18)11-30-32(19)20-12-35-13-29-20/h4-9,11-13H,10H2,1-3H3,(H,28,34)(H,31,33). The average molecular weight is 502 g/mol. The number of rotatable bonds is 5. The lowest BCUT2D eigenvalue weighted by Gasteiger charge is -2.18. The van der Waals surface area contributed by atoms with Gasteiger partial charge in [0.05, 0.1) is 34.0 Å². The number of thiazole rings is 1. The molecule has 11 heteroatoms. The Morgan fingerprint density at radius 3 is 2.54 bits per heavy atom. The number of amides is 2. The van der Waals surface area contributed by atoms with Gasteiger partial charge < -0.3 is 10.6 Å². The fraction of sp³-hybridized carbons (Fsp3) is 0.250. The quantitative estimate of drug-likeness (QED) is 0.383. The first-order chi connectivity index (χ1) is 16.4. The van der Waals surface area contributed by atoms with Crippen molar-refractivity contribution in [2.75, 3.05) is 5.32 Å². The Labute approximate surface area is 203 Å². The highest BCUT2D eigenvalue weighted by molar-refractivity contribution is 7.07. The lowest BCUT2D eigenvalue weighted by molar-refractivity contribution is -0.138. The van der Waals surface area contributed by atoms with E-state index < -0.39 is 28.6 Å². The van der Waals surface area contributed by atoms with E-state index in [0.717, 1.165) is 12.1 Å².